The molecule has 0 saturated heterocycles. The van der Waals surface area contributed by atoms with Crippen molar-refractivity contribution in [3.05, 3.63) is 35.4 Å². The summed E-state index contributed by atoms with van der Waals surface area (Å²) in [4.78, 5) is 0. The zero-order chi connectivity index (χ0) is 14.6. The third kappa shape index (κ3) is 8.09. The Morgan fingerprint density at radius 1 is 0.900 bits per heavy atom. The summed E-state index contributed by atoms with van der Waals surface area (Å²) < 4.78 is 0. The monoisotopic (exact) mass is 338 g/mol. The number of aryl methyl sites for hydroxylation is 1. The highest BCUT2D eigenvalue weighted by Gasteiger charge is 2.08. The van der Waals surface area contributed by atoms with Crippen molar-refractivity contribution < 1.29 is 0 Å². The number of rotatable bonds is 11. The van der Waals surface area contributed by atoms with Crippen molar-refractivity contribution in [1.29, 1.82) is 0 Å². The summed E-state index contributed by atoms with van der Waals surface area (Å²) in [5, 5.41) is 1.14. The van der Waals surface area contributed by atoms with Gasteiger partial charge in [-0.1, -0.05) is 97.6 Å². The van der Waals surface area contributed by atoms with Crippen molar-refractivity contribution in [2.45, 2.75) is 71.6 Å². The quantitative estimate of drug-likeness (QED) is 0.311. The van der Waals surface area contributed by atoms with E-state index in [1.165, 1.54) is 68.9 Å². The van der Waals surface area contributed by atoms with Crippen molar-refractivity contribution in [1.82, 2.24) is 0 Å². The first-order valence-electron chi connectivity index (χ1n) is 8.37. The molecule has 1 atom stereocenters. The lowest BCUT2D eigenvalue weighted by molar-refractivity contribution is 0.487. The van der Waals surface area contributed by atoms with E-state index in [4.69, 9.17) is 0 Å². The Hall–Kier alpha value is -0.300. The second kappa shape index (κ2) is 11.4. The topological polar surface area (TPSA) is 0 Å². The summed E-state index contributed by atoms with van der Waals surface area (Å²) >= 11 is 3.69. The van der Waals surface area contributed by atoms with E-state index in [1.54, 1.807) is 0 Å². The van der Waals surface area contributed by atoms with Gasteiger partial charge < -0.3 is 0 Å². The third-order valence-electron chi connectivity index (χ3n) is 4.08. The van der Waals surface area contributed by atoms with Gasteiger partial charge in [-0.25, -0.2) is 0 Å². The van der Waals surface area contributed by atoms with Crippen LogP contribution < -0.4 is 0 Å². The predicted octanol–water partition coefficient (Wildman–Crippen LogP) is 6.69. The molecule has 0 bridgehead atoms. The van der Waals surface area contributed by atoms with E-state index in [9.17, 15) is 0 Å². The van der Waals surface area contributed by atoms with Gasteiger partial charge >= 0.3 is 0 Å². The molecule has 0 aliphatic heterocycles. The number of hydrogen-bond donors (Lipinski definition) is 0. The first kappa shape index (κ1) is 17.8. The normalized spacial score (nSPS) is 12.6. The van der Waals surface area contributed by atoms with Gasteiger partial charge in [0.15, 0.2) is 0 Å². The summed E-state index contributed by atoms with van der Waals surface area (Å²) in [5.41, 5.74) is 2.85. The highest BCUT2D eigenvalue weighted by molar-refractivity contribution is 9.09. The maximum atomic E-state index is 3.69. The number of benzene rings is 1. The van der Waals surface area contributed by atoms with Crippen LogP contribution >= 0.6 is 15.9 Å². The van der Waals surface area contributed by atoms with Gasteiger partial charge in [0.05, 0.1) is 0 Å². The van der Waals surface area contributed by atoms with Gasteiger partial charge in [-0.15, -0.1) is 0 Å². The molecule has 0 aliphatic carbocycles. The van der Waals surface area contributed by atoms with Crippen molar-refractivity contribution in [2.75, 3.05) is 5.33 Å². The molecule has 0 amide bonds. The molecule has 0 nitrogen and oxygen atoms in total. The Labute approximate surface area is 134 Å². The molecule has 114 valence electrons. The van der Waals surface area contributed by atoms with Gasteiger partial charge in [-0.3, -0.25) is 0 Å². The highest BCUT2D eigenvalue weighted by Crippen LogP contribution is 2.19. The van der Waals surface area contributed by atoms with Gasteiger partial charge in [0.1, 0.15) is 0 Å². The van der Waals surface area contributed by atoms with Crippen molar-refractivity contribution in [2.24, 2.45) is 5.92 Å². The second-order valence-electron chi connectivity index (χ2n) is 6.12. The third-order valence-corrected chi connectivity index (χ3v) is 4.99. The molecule has 0 N–H and O–H groups in total. The maximum Gasteiger partial charge on any atom is 0.00628 e. The van der Waals surface area contributed by atoms with Crippen molar-refractivity contribution in [3.8, 4) is 0 Å². The smallest absolute Gasteiger partial charge is 0.00628 e. The standard InChI is InChI=1S/C19H31Br/c1-3-4-5-6-7-8-9-10-19(16-20)15-18-13-11-17(2)12-14-18/h11-14,19H,3-10,15-16H2,1-2H3. The lowest BCUT2D eigenvalue weighted by atomic mass is 9.94. The Morgan fingerprint density at radius 2 is 1.50 bits per heavy atom. The number of halogens is 1. The van der Waals surface area contributed by atoms with Crippen molar-refractivity contribution in [3.63, 3.8) is 0 Å². The molecular weight excluding hydrogens is 308 g/mol. The summed E-state index contributed by atoms with van der Waals surface area (Å²) in [6, 6.07) is 9.04. The summed E-state index contributed by atoms with van der Waals surface area (Å²) in [6.45, 7) is 4.44. The van der Waals surface area contributed by atoms with Crippen LogP contribution in [0.25, 0.3) is 0 Å². The van der Waals surface area contributed by atoms with Crippen LogP contribution in [0.4, 0.5) is 0 Å². The molecule has 0 spiro atoms. The fourth-order valence-electron chi connectivity index (χ4n) is 2.68. The zero-order valence-corrected chi connectivity index (χ0v) is 14.9. The molecule has 0 fully saturated rings. The first-order chi connectivity index (χ1) is 9.76. The molecule has 1 heteroatoms. The molecule has 0 heterocycles. The second-order valence-corrected chi connectivity index (χ2v) is 6.77. The van der Waals surface area contributed by atoms with E-state index >= 15 is 0 Å². The van der Waals surface area contributed by atoms with E-state index in [1.807, 2.05) is 0 Å². The summed E-state index contributed by atoms with van der Waals surface area (Å²) in [6.07, 6.45) is 12.5. The van der Waals surface area contributed by atoms with Gasteiger partial charge in [-0.2, -0.15) is 0 Å². The van der Waals surface area contributed by atoms with Gasteiger partial charge in [0.2, 0.25) is 0 Å². The Balaban J connectivity index is 2.14. The summed E-state index contributed by atoms with van der Waals surface area (Å²) in [5.74, 6) is 0.799. The Kier molecular flexibility index (Phi) is 10.1. The summed E-state index contributed by atoms with van der Waals surface area (Å²) in [7, 11) is 0. The van der Waals surface area contributed by atoms with Gasteiger partial charge in [-0.05, 0) is 31.2 Å². The largest absolute Gasteiger partial charge is 0.0925 e. The molecular formula is C19H31Br. The highest BCUT2D eigenvalue weighted by atomic mass is 79.9. The molecule has 20 heavy (non-hydrogen) atoms. The molecule has 1 rings (SSSR count). The van der Waals surface area contributed by atoms with E-state index in [-0.39, 0.29) is 0 Å². The SMILES string of the molecule is CCCCCCCCCC(CBr)Cc1ccc(C)cc1. The average molecular weight is 339 g/mol. The predicted molar refractivity (Wildman–Crippen MR) is 94.8 cm³/mol. The van der Waals surface area contributed by atoms with Gasteiger partial charge in [0, 0.05) is 5.33 Å². The minimum absolute atomic E-state index is 0.799. The molecule has 1 unspecified atom stereocenters. The van der Waals surface area contributed by atoms with Crippen molar-refractivity contribution >= 4 is 15.9 Å². The van der Waals surface area contributed by atoms with Crippen LogP contribution in [0.15, 0.2) is 24.3 Å². The van der Waals surface area contributed by atoms with Crippen LogP contribution in [0, 0.1) is 12.8 Å². The number of alkyl halides is 1. The van der Waals surface area contributed by atoms with E-state index < -0.39 is 0 Å². The van der Waals surface area contributed by atoms with Crippen LogP contribution in [0.1, 0.15) is 69.4 Å². The maximum absolute atomic E-state index is 3.69. The molecule has 0 radical (unpaired) electrons. The number of unbranched alkanes of at least 4 members (excludes halogenated alkanes) is 6. The van der Waals surface area contributed by atoms with Crippen LogP contribution in [-0.2, 0) is 6.42 Å². The Morgan fingerprint density at radius 3 is 2.10 bits per heavy atom. The van der Waals surface area contributed by atoms with E-state index in [0.29, 0.717) is 0 Å². The minimum Gasteiger partial charge on any atom is -0.0925 e. The van der Waals surface area contributed by atoms with Crippen LogP contribution in [-0.4, -0.2) is 5.33 Å². The molecule has 1 aromatic carbocycles. The van der Waals surface area contributed by atoms with E-state index in [0.717, 1.165) is 11.2 Å². The first-order valence-corrected chi connectivity index (χ1v) is 9.50. The molecule has 0 saturated carbocycles. The molecule has 0 aromatic heterocycles. The average Bonchev–Trinajstić information content (AvgIpc) is 2.47. The lowest BCUT2D eigenvalue weighted by Gasteiger charge is -2.14. The fourth-order valence-corrected chi connectivity index (χ4v) is 3.23. The van der Waals surface area contributed by atoms with E-state index in [2.05, 4.69) is 54.0 Å². The number of hydrogen-bond acceptors (Lipinski definition) is 0. The van der Waals surface area contributed by atoms with Gasteiger partial charge in [0.25, 0.3) is 0 Å². The molecule has 0 aliphatic rings. The zero-order valence-electron chi connectivity index (χ0n) is 13.3. The minimum atomic E-state index is 0.799. The van der Waals surface area contributed by atoms with Crippen LogP contribution in [0.5, 0.6) is 0 Å². The van der Waals surface area contributed by atoms with Crippen LogP contribution in [0.2, 0.25) is 0 Å². The fraction of sp³-hybridized carbons (Fsp3) is 0.684. The lowest BCUT2D eigenvalue weighted by Crippen LogP contribution is -2.06. The Bertz CT molecular complexity index is 328. The molecule has 1 aromatic rings. The van der Waals surface area contributed by atoms with Crippen LogP contribution in [0.3, 0.4) is 0 Å².